The van der Waals surface area contributed by atoms with Crippen molar-refractivity contribution < 1.29 is 38.5 Å². The summed E-state index contributed by atoms with van der Waals surface area (Å²) >= 11 is 0. The molecule has 4 aliphatic rings. The van der Waals surface area contributed by atoms with Crippen LogP contribution in [0.5, 0.6) is 0 Å². The largest absolute Gasteiger partial charge is 0.461 e. The van der Waals surface area contributed by atoms with E-state index in [2.05, 4.69) is 6.92 Å². The van der Waals surface area contributed by atoms with Crippen molar-refractivity contribution in [1.82, 2.24) is 0 Å². The van der Waals surface area contributed by atoms with Crippen LogP contribution in [0.25, 0.3) is 0 Å². The minimum Gasteiger partial charge on any atom is -0.461 e. The van der Waals surface area contributed by atoms with Crippen molar-refractivity contribution >= 4 is 23.7 Å². The van der Waals surface area contributed by atoms with Gasteiger partial charge >= 0.3 is 17.9 Å². The number of aliphatic hydroxyl groups is 1. The highest BCUT2D eigenvalue weighted by Crippen LogP contribution is 2.76. The van der Waals surface area contributed by atoms with Crippen LogP contribution >= 0.6 is 0 Å². The normalized spacial score (nSPS) is 37.5. The van der Waals surface area contributed by atoms with Gasteiger partial charge in [0.2, 0.25) is 0 Å². The van der Waals surface area contributed by atoms with Crippen molar-refractivity contribution in [2.75, 3.05) is 6.61 Å². The summed E-state index contributed by atoms with van der Waals surface area (Å²) in [5, 5.41) is 12.8. The van der Waals surface area contributed by atoms with Gasteiger partial charge in [-0.15, -0.1) is 0 Å². The molecule has 8 heteroatoms. The van der Waals surface area contributed by atoms with E-state index in [-0.39, 0.29) is 12.4 Å². The third kappa shape index (κ3) is 4.68. The highest BCUT2D eigenvalue weighted by atomic mass is 16.6. The zero-order valence-electron chi connectivity index (χ0n) is 24.6. The van der Waals surface area contributed by atoms with Crippen LogP contribution in [0, 0.1) is 35.0 Å². The predicted octanol–water partition coefficient (Wildman–Crippen LogP) is 4.42. The lowest BCUT2D eigenvalue weighted by molar-refractivity contribution is -0.217. The van der Waals surface area contributed by atoms with Gasteiger partial charge in [-0.05, 0) is 30.9 Å². The first-order chi connectivity index (χ1) is 18.7. The van der Waals surface area contributed by atoms with Gasteiger partial charge in [0.25, 0.3) is 0 Å². The van der Waals surface area contributed by atoms with Crippen LogP contribution in [0.3, 0.4) is 0 Å². The molecular formula is C32H42O8. The number of rotatable bonds is 8. The Bertz CT molecular complexity index is 1210. The fraction of sp³-hybridized carbons (Fsp3) is 0.625. The molecule has 0 aromatic carbocycles. The lowest BCUT2D eigenvalue weighted by atomic mass is 9.60. The molecule has 218 valence electrons. The summed E-state index contributed by atoms with van der Waals surface area (Å²) in [7, 11) is 0. The topological polar surface area (TPSA) is 116 Å². The van der Waals surface area contributed by atoms with Gasteiger partial charge in [-0.3, -0.25) is 14.4 Å². The average molecular weight is 555 g/mol. The lowest BCUT2D eigenvalue weighted by Gasteiger charge is -2.52. The molecule has 0 aromatic heterocycles. The van der Waals surface area contributed by atoms with E-state index in [1.165, 1.54) is 19.9 Å². The van der Waals surface area contributed by atoms with E-state index >= 15 is 0 Å². The first-order valence-corrected chi connectivity index (χ1v) is 14.2. The van der Waals surface area contributed by atoms with Crippen molar-refractivity contribution in [2.45, 2.75) is 85.0 Å². The molecule has 0 radical (unpaired) electrons. The van der Waals surface area contributed by atoms with Gasteiger partial charge in [0.05, 0.1) is 5.60 Å². The summed E-state index contributed by atoms with van der Waals surface area (Å²) in [5.41, 5.74) is -2.02. The molecule has 0 aromatic rings. The zero-order chi connectivity index (χ0) is 29.6. The Morgan fingerprint density at radius 3 is 2.42 bits per heavy atom. The number of ether oxygens (including phenoxy) is 3. The van der Waals surface area contributed by atoms with E-state index in [1.54, 1.807) is 26.0 Å². The standard InChI is InChI=1S/C32H42O8/c1-8-9-10-11-12-13-26(35)39-29-19(3)31(37)24-14-18(2)27(36)23(24)15-22(17-38-20(4)33)16-25(31)28-30(6,7)32(28,29)40-21(5)34/h10-14,16,19,23-25,28-29,37H,8-9,15,17H2,1-7H3/b11-10+,13-12+/t19-,23-,24+,25+,28-,29-,31+,32-/m0/s1. The molecule has 2 saturated carbocycles. The van der Waals surface area contributed by atoms with Crippen molar-refractivity contribution in [3.8, 4) is 0 Å². The van der Waals surface area contributed by atoms with Crippen LogP contribution in [0.1, 0.15) is 67.7 Å². The van der Waals surface area contributed by atoms with Gasteiger partial charge < -0.3 is 19.3 Å². The molecule has 8 nitrogen and oxygen atoms in total. The average Bonchev–Trinajstić information content (AvgIpc) is 3.26. The van der Waals surface area contributed by atoms with Crippen molar-refractivity contribution in [1.29, 1.82) is 0 Å². The molecule has 0 bridgehead atoms. The number of unbranched alkanes of at least 4 members (excludes halogenated alkanes) is 1. The third-order valence-corrected chi connectivity index (χ3v) is 9.63. The first kappa shape index (κ1) is 30.0. The molecule has 1 N–H and O–H groups in total. The second kappa shape index (κ2) is 10.8. The Morgan fingerprint density at radius 2 is 1.80 bits per heavy atom. The lowest BCUT2D eigenvalue weighted by Crippen LogP contribution is -2.63. The van der Waals surface area contributed by atoms with Crippen LogP contribution in [-0.4, -0.2) is 52.7 Å². The van der Waals surface area contributed by atoms with Crippen LogP contribution in [0.2, 0.25) is 0 Å². The molecule has 0 heterocycles. The molecule has 2 fully saturated rings. The molecule has 0 amide bonds. The van der Waals surface area contributed by atoms with Gasteiger partial charge in [0, 0.05) is 54.9 Å². The van der Waals surface area contributed by atoms with Gasteiger partial charge in [0.1, 0.15) is 12.7 Å². The van der Waals surface area contributed by atoms with E-state index in [0.29, 0.717) is 12.0 Å². The molecule has 4 rings (SSSR count). The monoisotopic (exact) mass is 554 g/mol. The van der Waals surface area contributed by atoms with Gasteiger partial charge in [-0.2, -0.15) is 0 Å². The molecule has 0 spiro atoms. The van der Waals surface area contributed by atoms with E-state index in [4.69, 9.17) is 14.2 Å². The highest BCUT2D eigenvalue weighted by molar-refractivity contribution is 6.00. The molecule has 0 aliphatic heterocycles. The summed E-state index contributed by atoms with van der Waals surface area (Å²) in [6, 6.07) is 0. The summed E-state index contributed by atoms with van der Waals surface area (Å²) in [5.74, 6) is -4.34. The Kier molecular flexibility index (Phi) is 8.07. The number of carbonyl (C=O) groups is 4. The molecule has 8 atom stereocenters. The number of allylic oxidation sites excluding steroid dienone is 4. The molecule has 0 unspecified atom stereocenters. The summed E-state index contributed by atoms with van der Waals surface area (Å²) in [6.45, 7) is 12.2. The fourth-order valence-corrected chi connectivity index (χ4v) is 7.82. The summed E-state index contributed by atoms with van der Waals surface area (Å²) in [6.07, 6.45) is 11.7. The smallest absolute Gasteiger partial charge is 0.331 e. The van der Waals surface area contributed by atoms with Gasteiger partial charge in [-0.25, -0.2) is 4.79 Å². The number of hydrogen-bond acceptors (Lipinski definition) is 8. The van der Waals surface area contributed by atoms with Gasteiger partial charge in [0.15, 0.2) is 11.4 Å². The molecule has 4 aliphatic carbocycles. The minimum atomic E-state index is -1.49. The van der Waals surface area contributed by atoms with Crippen LogP contribution in [0.15, 0.2) is 47.6 Å². The van der Waals surface area contributed by atoms with E-state index in [0.717, 1.165) is 18.4 Å². The van der Waals surface area contributed by atoms with Crippen molar-refractivity contribution in [2.24, 2.45) is 35.0 Å². The van der Waals surface area contributed by atoms with E-state index < -0.39 is 70.2 Å². The Hall–Kier alpha value is -3.00. The number of esters is 3. The number of carbonyl (C=O) groups excluding carboxylic acids is 4. The number of ketones is 1. The van der Waals surface area contributed by atoms with Crippen molar-refractivity contribution in [3.05, 3.63) is 47.6 Å². The Morgan fingerprint density at radius 1 is 1.10 bits per heavy atom. The highest BCUT2D eigenvalue weighted by Gasteiger charge is 2.87. The quantitative estimate of drug-likeness (QED) is 0.154. The van der Waals surface area contributed by atoms with Crippen LogP contribution in [0.4, 0.5) is 0 Å². The number of Topliss-reactive ketones (excluding diaryl/α,β-unsaturated/α-hetero) is 1. The Labute approximate surface area is 236 Å². The number of hydrogen-bond donors (Lipinski definition) is 1. The Balaban J connectivity index is 1.81. The first-order valence-electron chi connectivity index (χ1n) is 14.2. The van der Waals surface area contributed by atoms with Crippen molar-refractivity contribution in [3.63, 3.8) is 0 Å². The summed E-state index contributed by atoms with van der Waals surface area (Å²) in [4.78, 5) is 50.5. The molecular weight excluding hydrogens is 512 g/mol. The summed E-state index contributed by atoms with van der Waals surface area (Å²) < 4.78 is 17.5. The van der Waals surface area contributed by atoms with Crippen LogP contribution < -0.4 is 0 Å². The van der Waals surface area contributed by atoms with Crippen LogP contribution in [-0.2, 0) is 33.4 Å². The fourth-order valence-electron chi connectivity index (χ4n) is 7.82. The maximum Gasteiger partial charge on any atom is 0.331 e. The third-order valence-electron chi connectivity index (χ3n) is 9.63. The SMILES string of the molecule is CCC/C=C/C=C/C(=O)O[C@H]1[C@H](C)[C@@]2(O)[C@@H]3C=C(C)C(=O)[C@H]3CC(COC(C)=O)=C[C@@H]2[C@H]2C(C)(C)[C@@]12OC(C)=O. The zero-order valence-corrected chi connectivity index (χ0v) is 24.6. The maximum atomic E-state index is 13.3. The minimum absolute atomic E-state index is 0.00825. The van der Waals surface area contributed by atoms with E-state index in [1.807, 2.05) is 32.1 Å². The second-order valence-corrected chi connectivity index (χ2v) is 12.4. The second-order valence-electron chi connectivity index (χ2n) is 12.4. The van der Waals surface area contributed by atoms with Gasteiger partial charge in [-0.1, -0.05) is 64.5 Å². The molecule has 0 saturated heterocycles. The molecule has 40 heavy (non-hydrogen) atoms. The maximum absolute atomic E-state index is 13.3. The number of fused-ring (bicyclic) bond motifs is 5. The predicted molar refractivity (Wildman–Crippen MR) is 148 cm³/mol. The van der Waals surface area contributed by atoms with E-state index in [9.17, 15) is 24.3 Å².